The van der Waals surface area contributed by atoms with E-state index in [1.54, 1.807) is 11.8 Å². The fourth-order valence-corrected chi connectivity index (χ4v) is 9.21. The molecule has 0 fully saturated rings. The molecule has 0 saturated carbocycles. The topological polar surface area (TPSA) is 145 Å². The van der Waals surface area contributed by atoms with E-state index in [4.69, 9.17) is 4.42 Å². The first-order valence-corrected chi connectivity index (χ1v) is 22.2. The Balaban J connectivity index is 1.19. The number of anilines is 1. The van der Waals surface area contributed by atoms with Gasteiger partial charge in [0, 0.05) is 47.8 Å². The lowest BCUT2D eigenvalue weighted by molar-refractivity contribution is -0.678. The first-order valence-electron chi connectivity index (χ1n) is 18.4. The van der Waals surface area contributed by atoms with Crippen LogP contribution in [-0.2, 0) is 26.8 Å². The molecule has 0 aliphatic carbocycles. The molecule has 1 aliphatic rings. The summed E-state index contributed by atoms with van der Waals surface area (Å²) in [6, 6.07) is 32.4. The number of hydrogen-bond donors (Lipinski definition) is 0. The van der Waals surface area contributed by atoms with Crippen LogP contribution < -0.4 is 9.47 Å². The monoisotopic (exact) mass is 807 g/mol. The van der Waals surface area contributed by atoms with Gasteiger partial charge in [0.25, 0.3) is 5.52 Å². The smallest absolute Gasteiger partial charge is 0.374 e. The van der Waals surface area contributed by atoms with Crippen molar-refractivity contribution in [3.8, 4) is 11.4 Å². The van der Waals surface area contributed by atoms with Gasteiger partial charge in [0.1, 0.15) is 0 Å². The van der Waals surface area contributed by atoms with E-state index in [0.29, 0.717) is 24.4 Å². The highest BCUT2D eigenvalue weighted by atomic mass is 32.2. The molecule has 4 heterocycles. The number of aromatic nitrogens is 3. The minimum atomic E-state index is -4.50. The van der Waals surface area contributed by atoms with Crippen LogP contribution in [0.25, 0.3) is 50.4 Å². The summed E-state index contributed by atoms with van der Waals surface area (Å²) < 4.78 is 83.2. The lowest BCUT2D eigenvalue weighted by Gasteiger charge is -2.22. The molecule has 288 valence electrons. The zero-order valence-corrected chi connectivity index (χ0v) is 33.2. The number of nitrogens with zero attached hydrogens (tertiary/aromatic N) is 4. The number of rotatable bonds is 13. The van der Waals surface area contributed by atoms with Crippen LogP contribution in [0.2, 0.25) is 0 Å². The van der Waals surface area contributed by atoms with Crippen LogP contribution in [0, 0.1) is 0 Å². The molecule has 3 aromatic heterocycles. The predicted octanol–water partition coefficient (Wildman–Crippen LogP) is 8.11. The van der Waals surface area contributed by atoms with E-state index in [2.05, 4.69) is 50.4 Å². The van der Waals surface area contributed by atoms with Crippen LogP contribution in [0.4, 0.5) is 5.69 Å². The number of fused-ring (bicyclic) bond motifs is 4. The van der Waals surface area contributed by atoms with Crippen molar-refractivity contribution in [1.82, 2.24) is 9.13 Å². The molecule has 8 rings (SSSR count). The Morgan fingerprint density at radius 1 is 0.857 bits per heavy atom. The van der Waals surface area contributed by atoms with E-state index in [1.807, 2.05) is 96.7 Å². The first-order chi connectivity index (χ1) is 26.9. The Bertz CT molecular complexity index is 2910. The van der Waals surface area contributed by atoms with Gasteiger partial charge in [0.15, 0.2) is 6.54 Å². The standard InChI is InChI=1S/C42H40N4O7S3/c1-3-30(26-42-46(20-8-24-55(47,48)49)38-28-34(14-16-40(38)54-42)44-23-19-32-10-5-7-12-36(32)44)25-41-45(21-17-29(2)56(50,51)52)37-27-33(13-15-39(37)53-41)43-22-18-31-9-4-6-11-35(31)43/h4-7,9-16,18-19,22-23,25-29H,3,8,17,20-21,24H2,1-2H3,(H-,47,48,49,50,51,52)/p-1. The third-order valence-electron chi connectivity index (χ3n) is 10.2. The van der Waals surface area contributed by atoms with E-state index in [0.717, 1.165) is 59.9 Å². The number of oxazole rings is 1. The van der Waals surface area contributed by atoms with Crippen molar-refractivity contribution in [3.05, 3.63) is 132 Å². The van der Waals surface area contributed by atoms with Gasteiger partial charge in [-0.1, -0.05) is 55.1 Å². The second-order valence-electron chi connectivity index (χ2n) is 13.9. The molecular formula is C42H39N4O7S3-. The van der Waals surface area contributed by atoms with Crippen molar-refractivity contribution in [1.29, 1.82) is 0 Å². The molecule has 1 aliphatic heterocycles. The molecule has 0 radical (unpaired) electrons. The van der Waals surface area contributed by atoms with Crippen LogP contribution in [-0.4, -0.2) is 52.6 Å². The van der Waals surface area contributed by atoms with Crippen molar-refractivity contribution >= 4 is 76.7 Å². The highest BCUT2D eigenvalue weighted by Crippen LogP contribution is 2.47. The minimum absolute atomic E-state index is 0.0891. The molecular weight excluding hydrogens is 769 g/mol. The largest absolute Gasteiger partial charge is 0.748 e. The van der Waals surface area contributed by atoms with Gasteiger partial charge in [-0.05, 0) is 96.8 Å². The maximum atomic E-state index is 11.9. The molecule has 14 heteroatoms. The van der Waals surface area contributed by atoms with Crippen LogP contribution in [0.15, 0.2) is 135 Å². The summed E-state index contributed by atoms with van der Waals surface area (Å²) in [6.07, 6.45) is 8.84. The highest BCUT2D eigenvalue weighted by molar-refractivity contribution is 8.03. The quantitative estimate of drug-likeness (QED) is 0.0834. The second kappa shape index (κ2) is 15.1. The lowest BCUT2D eigenvalue weighted by atomic mass is 10.1. The fourth-order valence-electron chi connectivity index (χ4n) is 7.19. The Morgan fingerprint density at radius 3 is 2.14 bits per heavy atom. The molecule has 0 spiro atoms. The molecule has 7 aromatic rings. The van der Waals surface area contributed by atoms with Crippen molar-refractivity contribution < 1.29 is 34.9 Å². The maximum Gasteiger partial charge on any atom is 0.374 e. The Labute approximate surface area is 329 Å². The van der Waals surface area contributed by atoms with E-state index in [1.165, 1.54) is 6.92 Å². The van der Waals surface area contributed by atoms with Crippen LogP contribution >= 0.6 is 11.8 Å². The van der Waals surface area contributed by atoms with Gasteiger partial charge in [-0.2, -0.15) is 4.57 Å². The maximum absolute atomic E-state index is 11.9. The zero-order chi connectivity index (χ0) is 39.2. The van der Waals surface area contributed by atoms with E-state index in [-0.39, 0.29) is 19.4 Å². The molecule has 0 N–H and O–H groups in total. The zero-order valence-electron chi connectivity index (χ0n) is 30.7. The van der Waals surface area contributed by atoms with Gasteiger partial charge in [0.05, 0.1) is 59.0 Å². The SMILES string of the molecule is CCC(/C=C1\Sc2ccc(-n3ccc4ccccc43)cc2N1CCCS(=O)(=O)[O-])=C\c1oc2ccc(-n3ccc4ccccc43)cc2[n+]1CCC(C)S(=O)(=O)[O-]. The molecule has 1 atom stereocenters. The molecule has 0 amide bonds. The fraction of sp³-hybridized carbons (Fsp3) is 0.214. The number of thioether (sulfide) groups is 1. The molecule has 0 bridgehead atoms. The molecule has 56 heavy (non-hydrogen) atoms. The average Bonchev–Trinajstić information content (AvgIpc) is 3.95. The summed E-state index contributed by atoms with van der Waals surface area (Å²) in [5, 5.41) is 1.97. The van der Waals surface area contributed by atoms with E-state index in [9.17, 15) is 25.9 Å². The van der Waals surface area contributed by atoms with Crippen molar-refractivity contribution in [2.75, 3.05) is 17.2 Å². The van der Waals surface area contributed by atoms with Crippen LogP contribution in [0.3, 0.4) is 0 Å². The third-order valence-corrected chi connectivity index (χ3v) is 13.4. The molecule has 0 saturated heterocycles. The molecule has 1 unspecified atom stereocenters. The van der Waals surface area contributed by atoms with Gasteiger partial charge >= 0.3 is 5.89 Å². The summed E-state index contributed by atoms with van der Waals surface area (Å²) >= 11 is 1.56. The number of benzene rings is 4. The van der Waals surface area contributed by atoms with Crippen molar-refractivity contribution in [2.45, 2.75) is 49.8 Å². The average molecular weight is 808 g/mol. The Morgan fingerprint density at radius 2 is 1.50 bits per heavy atom. The normalized spacial score (nSPS) is 15.1. The number of allylic oxidation sites excluding steroid dienone is 2. The van der Waals surface area contributed by atoms with Gasteiger partial charge < -0.3 is 27.6 Å². The van der Waals surface area contributed by atoms with Crippen LogP contribution in [0.5, 0.6) is 0 Å². The molecule has 11 nitrogen and oxygen atoms in total. The lowest BCUT2D eigenvalue weighted by Crippen LogP contribution is -2.38. The van der Waals surface area contributed by atoms with Crippen molar-refractivity contribution in [2.24, 2.45) is 0 Å². The number of aryl methyl sites for hydroxylation is 1. The van der Waals surface area contributed by atoms with Gasteiger partial charge in [-0.25, -0.2) is 16.8 Å². The van der Waals surface area contributed by atoms with E-state index >= 15 is 0 Å². The second-order valence-corrected chi connectivity index (χ2v) is 18.3. The van der Waals surface area contributed by atoms with Gasteiger partial charge in [-0.3, -0.25) is 0 Å². The van der Waals surface area contributed by atoms with Gasteiger partial charge in [0.2, 0.25) is 5.58 Å². The Kier molecular flexibility index (Phi) is 10.2. The number of hydrogen-bond acceptors (Lipinski definition) is 9. The summed E-state index contributed by atoms with van der Waals surface area (Å²) in [7, 11) is -8.91. The first kappa shape index (κ1) is 37.8. The highest BCUT2D eigenvalue weighted by Gasteiger charge is 2.28. The Hall–Kier alpha value is -5.12. The summed E-state index contributed by atoms with van der Waals surface area (Å²) in [4.78, 5) is 3.05. The third kappa shape index (κ3) is 7.67. The predicted molar refractivity (Wildman–Crippen MR) is 219 cm³/mol. The summed E-state index contributed by atoms with van der Waals surface area (Å²) in [5.74, 6) is 0.0110. The molecule has 4 aromatic carbocycles. The minimum Gasteiger partial charge on any atom is -0.748 e. The van der Waals surface area contributed by atoms with Crippen molar-refractivity contribution in [3.63, 3.8) is 0 Å². The van der Waals surface area contributed by atoms with Gasteiger partial charge in [-0.15, -0.1) is 0 Å². The van der Waals surface area contributed by atoms with Crippen LogP contribution in [0.1, 0.15) is 39.0 Å². The summed E-state index contributed by atoms with van der Waals surface area (Å²) in [5.41, 5.74) is 7.10. The van der Waals surface area contributed by atoms with E-state index < -0.39 is 31.2 Å². The summed E-state index contributed by atoms with van der Waals surface area (Å²) in [6.45, 7) is 3.97. The number of para-hydroxylation sites is 2.